The lowest BCUT2D eigenvalue weighted by Crippen LogP contribution is -2.31. The molecule has 2 aliphatic rings. The number of nitro benzene ring substituents is 2. The van der Waals surface area contributed by atoms with E-state index >= 15 is 0 Å². The molecule has 3 N–H and O–H groups in total. The Kier molecular flexibility index (Phi) is 6.61. The SMILES string of the molecule is NS(=O)(=O)c1ccc2c(c1)[C@@H]1[C@H](Cl)[C@@H](Sc3ccccc3[N+](=O)[O-])C[C@H]1[C@H](c1ccc([N+](=O)[O-])cc1)N2. The van der Waals surface area contributed by atoms with Gasteiger partial charge in [-0.15, -0.1) is 23.4 Å². The molecule has 3 aromatic carbocycles. The van der Waals surface area contributed by atoms with Crippen molar-refractivity contribution in [1.82, 2.24) is 0 Å². The van der Waals surface area contributed by atoms with Crippen LogP contribution in [0, 0.1) is 26.1 Å². The van der Waals surface area contributed by atoms with Crippen LogP contribution in [-0.4, -0.2) is 28.9 Å². The number of alkyl halides is 1. The molecule has 0 bridgehead atoms. The summed E-state index contributed by atoms with van der Waals surface area (Å²) in [5.74, 6) is -0.410. The van der Waals surface area contributed by atoms with Gasteiger partial charge in [-0.1, -0.05) is 24.3 Å². The minimum Gasteiger partial charge on any atom is -0.378 e. The van der Waals surface area contributed by atoms with E-state index in [-0.39, 0.29) is 39.4 Å². The van der Waals surface area contributed by atoms with Gasteiger partial charge in [0.15, 0.2) is 0 Å². The molecule has 37 heavy (non-hydrogen) atoms. The third-order valence-electron chi connectivity index (χ3n) is 6.92. The summed E-state index contributed by atoms with van der Waals surface area (Å²) in [6.45, 7) is 0. The van der Waals surface area contributed by atoms with Gasteiger partial charge in [0.05, 0.1) is 31.1 Å². The fraction of sp³-hybridized carbons (Fsp3) is 0.250. The zero-order valence-corrected chi connectivity index (χ0v) is 21.4. The molecule has 0 saturated heterocycles. The summed E-state index contributed by atoms with van der Waals surface area (Å²) in [7, 11) is -3.95. The first-order valence-electron chi connectivity index (χ1n) is 11.3. The molecule has 1 aliphatic carbocycles. The number of anilines is 1. The van der Waals surface area contributed by atoms with Crippen molar-refractivity contribution in [3.63, 3.8) is 0 Å². The molecule has 13 heteroatoms. The first-order valence-corrected chi connectivity index (χ1v) is 14.1. The molecule has 5 rings (SSSR count). The third-order valence-corrected chi connectivity index (χ3v) is 9.94. The molecule has 0 amide bonds. The monoisotopic (exact) mass is 560 g/mol. The number of thioether (sulfide) groups is 1. The minimum absolute atomic E-state index is 0.00630. The van der Waals surface area contributed by atoms with Crippen LogP contribution in [0.3, 0.4) is 0 Å². The van der Waals surface area contributed by atoms with Gasteiger partial charge in [0.1, 0.15) is 0 Å². The summed E-state index contributed by atoms with van der Waals surface area (Å²) in [5, 5.41) is 30.9. The van der Waals surface area contributed by atoms with Gasteiger partial charge in [-0.2, -0.15) is 0 Å². The normalized spacial score (nSPS) is 24.5. The largest absolute Gasteiger partial charge is 0.378 e. The van der Waals surface area contributed by atoms with Crippen LogP contribution in [0.4, 0.5) is 17.1 Å². The summed E-state index contributed by atoms with van der Waals surface area (Å²) >= 11 is 8.39. The average Bonchev–Trinajstić information content (AvgIpc) is 3.19. The van der Waals surface area contributed by atoms with Gasteiger partial charge in [0, 0.05) is 35.1 Å². The van der Waals surface area contributed by atoms with Gasteiger partial charge in [-0.3, -0.25) is 20.2 Å². The number of halogens is 1. The van der Waals surface area contributed by atoms with Crippen LogP contribution in [0.15, 0.2) is 76.5 Å². The quantitative estimate of drug-likeness (QED) is 0.237. The van der Waals surface area contributed by atoms with Crippen LogP contribution in [-0.2, 0) is 10.0 Å². The number of nitro groups is 2. The number of rotatable bonds is 6. The predicted molar refractivity (Wildman–Crippen MR) is 141 cm³/mol. The van der Waals surface area contributed by atoms with Crippen LogP contribution in [0.5, 0.6) is 0 Å². The van der Waals surface area contributed by atoms with Crippen LogP contribution in [0.25, 0.3) is 0 Å². The van der Waals surface area contributed by atoms with Gasteiger partial charge in [0.25, 0.3) is 11.4 Å². The zero-order valence-electron chi connectivity index (χ0n) is 19.1. The predicted octanol–water partition coefficient (Wildman–Crippen LogP) is 5.19. The summed E-state index contributed by atoms with van der Waals surface area (Å²) in [4.78, 5) is 22.3. The van der Waals surface area contributed by atoms with Crippen molar-refractivity contribution < 1.29 is 18.3 Å². The molecule has 1 fully saturated rings. The van der Waals surface area contributed by atoms with Crippen LogP contribution < -0.4 is 10.5 Å². The Morgan fingerprint density at radius 3 is 2.35 bits per heavy atom. The highest BCUT2D eigenvalue weighted by molar-refractivity contribution is 8.00. The molecule has 5 atom stereocenters. The zero-order chi connectivity index (χ0) is 26.5. The Balaban J connectivity index is 1.57. The Labute approximate surface area is 221 Å². The fourth-order valence-corrected chi connectivity index (χ4v) is 7.77. The Hall–Kier alpha value is -3.19. The number of primary sulfonamides is 1. The lowest BCUT2D eigenvalue weighted by atomic mass is 9.77. The molecule has 3 aromatic rings. The molecule has 10 nitrogen and oxygen atoms in total. The van der Waals surface area contributed by atoms with E-state index in [4.69, 9.17) is 16.7 Å². The molecule has 0 aromatic heterocycles. The standard InChI is InChI=1S/C24H21ClN4O6S2/c25-23-21(36-20-4-2-1-3-19(20)29(32)33)12-17-22(23)16-11-15(37(26,34)35)9-10-18(16)27-24(17)13-5-7-14(8-6-13)28(30)31/h1-11,17,21-24,27H,12H2,(H2,26,34,35)/t17-,21+,22+,23-,24+/m1/s1. The Morgan fingerprint density at radius 2 is 1.70 bits per heavy atom. The fourth-order valence-electron chi connectivity index (χ4n) is 5.28. The first kappa shape index (κ1) is 25.5. The Bertz CT molecular complexity index is 1500. The van der Waals surface area contributed by atoms with Gasteiger partial charge in [-0.05, 0) is 47.7 Å². The number of nitrogens with zero attached hydrogens (tertiary/aromatic N) is 2. The van der Waals surface area contributed by atoms with Gasteiger partial charge in [0.2, 0.25) is 10.0 Å². The second-order valence-corrected chi connectivity index (χ2v) is 12.4. The smallest absolute Gasteiger partial charge is 0.282 e. The highest BCUT2D eigenvalue weighted by atomic mass is 35.5. The first-order chi connectivity index (χ1) is 17.5. The number of para-hydroxylation sites is 1. The molecule has 1 saturated carbocycles. The van der Waals surface area contributed by atoms with E-state index in [2.05, 4.69) is 5.32 Å². The van der Waals surface area contributed by atoms with Crippen LogP contribution in [0.2, 0.25) is 0 Å². The maximum atomic E-state index is 12.1. The number of sulfonamides is 1. The van der Waals surface area contributed by atoms with Crippen molar-refractivity contribution in [3.05, 3.63) is 98.1 Å². The van der Waals surface area contributed by atoms with Crippen molar-refractivity contribution in [2.75, 3.05) is 5.32 Å². The Morgan fingerprint density at radius 1 is 1.00 bits per heavy atom. The second kappa shape index (κ2) is 9.60. The number of non-ortho nitro benzene ring substituents is 1. The maximum Gasteiger partial charge on any atom is 0.282 e. The summed E-state index contributed by atoms with van der Waals surface area (Å²) in [6, 6.07) is 17.1. The summed E-state index contributed by atoms with van der Waals surface area (Å²) in [5.41, 5.74) is 2.19. The summed E-state index contributed by atoms with van der Waals surface area (Å²) in [6.07, 6.45) is 0.573. The van der Waals surface area contributed by atoms with Crippen molar-refractivity contribution >= 4 is 50.4 Å². The number of nitrogens with two attached hydrogens (primary N) is 1. The highest BCUT2D eigenvalue weighted by Crippen LogP contribution is 2.58. The minimum atomic E-state index is -3.95. The van der Waals surface area contributed by atoms with E-state index in [0.29, 0.717) is 22.6 Å². The molecule has 0 radical (unpaired) electrons. The molecule has 1 heterocycles. The lowest BCUT2D eigenvalue weighted by molar-refractivity contribution is -0.387. The average molecular weight is 561 g/mol. The van der Waals surface area contributed by atoms with E-state index in [1.54, 1.807) is 36.4 Å². The summed E-state index contributed by atoms with van der Waals surface area (Å²) < 4.78 is 24.1. The van der Waals surface area contributed by atoms with Gasteiger partial charge >= 0.3 is 0 Å². The highest BCUT2D eigenvalue weighted by Gasteiger charge is 2.50. The van der Waals surface area contributed by atoms with E-state index in [1.807, 2.05) is 0 Å². The lowest BCUT2D eigenvalue weighted by Gasteiger charge is -2.38. The molecular weight excluding hydrogens is 540 g/mol. The third kappa shape index (κ3) is 4.77. The molecule has 0 spiro atoms. The van der Waals surface area contributed by atoms with Gasteiger partial charge < -0.3 is 5.32 Å². The van der Waals surface area contributed by atoms with E-state index < -0.39 is 25.2 Å². The number of fused-ring (bicyclic) bond motifs is 3. The molecule has 1 aliphatic heterocycles. The van der Waals surface area contributed by atoms with Crippen LogP contribution >= 0.6 is 23.4 Å². The molecule has 0 unspecified atom stereocenters. The molecule has 192 valence electrons. The second-order valence-electron chi connectivity index (χ2n) is 9.02. The number of hydrogen-bond donors (Lipinski definition) is 2. The van der Waals surface area contributed by atoms with E-state index in [1.165, 1.54) is 42.1 Å². The van der Waals surface area contributed by atoms with E-state index in [0.717, 1.165) is 5.56 Å². The number of nitrogens with one attached hydrogen (secondary N) is 1. The van der Waals surface area contributed by atoms with Crippen molar-refractivity contribution in [2.45, 2.75) is 38.8 Å². The van der Waals surface area contributed by atoms with Crippen molar-refractivity contribution in [3.8, 4) is 0 Å². The number of hydrogen-bond acceptors (Lipinski definition) is 8. The van der Waals surface area contributed by atoms with Gasteiger partial charge in [-0.25, -0.2) is 13.6 Å². The number of benzene rings is 3. The van der Waals surface area contributed by atoms with Crippen LogP contribution in [0.1, 0.15) is 29.5 Å². The maximum absolute atomic E-state index is 12.1. The molecular formula is C24H21ClN4O6S2. The topological polar surface area (TPSA) is 158 Å². The van der Waals surface area contributed by atoms with Crippen molar-refractivity contribution in [2.24, 2.45) is 11.1 Å². The van der Waals surface area contributed by atoms with E-state index in [9.17, 15) is 28.6 Å². The van der Waals surface area contributed by atoms with Crippen molar-refractivity contribution in [1.29, 1.82) is 0 Å².